The standard InChI is InChI=1S/C15H16F2O/c1-9(2)7-10-4-6-14(18)15(10)11-3-5-12(16)13(17)8-11/h3,5,8-9H,4,6-7H2,1-2H3. The summed E-state index contributed by atoms with van der Waals surface area (Å²) in [6.45, 7) is 4.16. The molecule has 1 nitrogen and oxygen atoms in total. The van der Waals surface area contributed by atoms with Crippen LogP contribution in [0.1, 0.15) is 38.7 Å². The topological polar surface area (TPSA) is 17.1 Å². The van der Waals surface area contributed by atoms with E-state index in [2.05, 4.69) is 13.8 Å². The van der Waals surface area contributed by atoms with Crippen LogP contribution in [0.5, 0.6) is 0 Å². The second-order valence-corrected chi connectivity index (χ2v) is 5.13. The number of ketones is 1. The lowest BCUT2D eigenvalue weighted by Gasteiger charge is -2.09. The van der Waals surface area contributed by atoms with Crippen LogP contribution in [0.3, 0.4) is 0 Å². The number of hydrogen-bond donors (Lipinski definition) is 0. The number of rotatable bonds is 3. The average molecular weight is 250 g/mol. The second kappa shape index (κ2) is 5.01. The van der Waals surface area contributed by atoms with Gasteiger partial charge in [-0.2, -0.15) is 0 Å². The minimum atomic E-state index is -0.899. The molecule has 0 spiro atoms. The average Bonchev–Trinajstić information content (AvgIpc) is 2.63. The van der Waals surface area contributed by atoms with Crippen molar-refractivity contribution in [3.05, 3.63) is 41.0 Å². The van der Waals surface area contributed by atoms with Gasteiger partial charge in [0.1, 0.15) is 0 Å². The van der Waals surface area contributed by atoms with Crippen LogP contribution in [0.15, 0.2) is 23.8 Å². The highest BCUT2D eigenvalue weighted by Gasteiger charge is 2.25. The van der Waals surface area contributed by atoms with Crippen LogP contribution in [0.2, 0.25) is 0 Å². The molecule has 0 aliphatic heterocycles. The van der Waals surface area contributed by atoms with Gasteiger partial charge in [0.05, 0.1) is 0 Å². The van der Waals surface area contributed by atoms with Crippen molar-refractivity contribution in [2.24, 2.45) is 5.92 Å². The van der Waals surface area contributed by atoms with Crippen LogP contribution >= 0.6 is 0 Å². The first-order valence-electron chi connectivity index (χ1n) is 6.19. The summed E-state index contributed by atoms with van der Waals surface area (Å²) < 4.78 is 26.2. The van der Waals surface area contributed by atoms with Gasteiger partial charge in [0.15, 0.2) is 17.4 Å². The minimum Gasteiger partial charge on any atom is -0.294 e. The van der Waals surface area contributed by atoms with Gasteiger partial charge >= 0.3 is 0 Å². The lowest BCUT2D eigenvalue weighted by atomic mass is 9.95. The predicted octanol–water partition coefficient (Wildman–Crippen LogP) is 4.13. The van der Waals surface area contributed by atoms with Crippen LogP contribution in [0, 0.1) is 17.6 Å². The van der Waals surface area contributed by atoms with Gasteiger partial charge in [0, 0.05) is 12.0 Å². The highest BCUT2D eigenvalue weighted by molar-refractivity contribution is 6.23. The molecule has 18 heavy (non-hydrogen) atoms. The van der Waals surface area contributed by atoms with E-state index in [0.717, 1.165) is 30.5 Å². The van der Waals surface area contributed by atoms with Crippen molar-refractivity contribution in [1.82, 2.24) is 0 Å². The molecule has 1 aromatic rings. The van der Waals surface area contributed by atoms with E-state index in [9.17, 15) is 13.6 Å². The molecular formula is C15H16F2O. The molecule has 0 aromatic heterocycles. The minimum absolute atomic E-state index is 0.0386. The zero-order valence-corrected chi connectivity index (χ0v) is 10.6. The monoisotopic (exact) mass is 250 g/mol. The first kappa shape index (κ1) is 12.9. The normalized spacial score (nSPS) is 15.9. The fraction of sp³-hybridized carbons (Fsp3) is 0.400. The molecule has 96 valence electrons. The molecule has 0 N–H and O–H groups in total. The largest absolute Gasteiger partial charge is 0.294 e. The van der Waals surface area contributed by atoms with E-state index in [1.807, 2.05) is 0 Å². The third-order valence-corrected chi connectivity index (χ3v) is 3.15. The van der Waals surface area contributed by atoms with Crippen LogP contribution in [-0.4, -0.2) is 5.78 Å². The third-order valence-electron chi connectivity index (χ3n) is 3.15. The van der Waals surface area contributed by atoms with E-state index in [1.165, 1.54) is 6.07 Å². The summed E-state index contributed by atoms with van der Waals surface area (Å²) in [7, 11) is 0. The van der Waals surface area contributed by atoms with E-state index in [-0.39, 0.29) is 5.78 Å². The predicted molar refractivity (Wildman–Crippen MR) is 67.0 cm³/mol. The highest BCUT2D eigenvalue weighted by Crippen LogP contribution is 2.35. The molecule has 0 saturated carbocycles. The molecule has 0 atom stereocenters. The van der Waals surface area contributed by atoms with E-state index >= 15 is 0 Å². The summed E-state index contributed by atoms with van der Waals surface area (Å²) in [4.78, 5) is 11.9. The summed E-state index contributed by atoms with van der Waals surface area (Å²) in [5.74, 6) is -1.29. The summed E-state index contributed by atoms with van der Waals surface area (Å²) in [5.41, 5.74) is 2.18. The first-order valence-corrected chi connectivity index (χ1v) is 6.19. The van der Waals surface area contributed by atoms with Gasteiger partial charge in [-0.05, 0) is 36.5 Å². The number of benzene rings is 1. The van der Waals surface area contributed by atoms with Gasteiger partial charge in [-0.3, -0.25) is 4.79 Å². The molecule has 0 heterocycles. The van der Waals surface area contributed by atoms with Crippen LogP contribution < -0.4 is 0 Å². The number of carbonyl (C=O) groups excluding carboxylic acids is 1. The van der Waals surface area contributed by atoms with Crippen molar-refractivity contribution in [2.45, 2.75) is 33.1 Å². The van der Waals surface area contributed by atoms with E-state index in [0.29, 0.717) is 23.5 Å². The summed E-state index contributed by atoms with van der Waals surface area (Å²) in [6.07, 6.45) is 2.06. The molecule has 1 aliphatic rings. The maximum absolute atomic E-state index is 13.2. The maximum Gasteiger partial charge on any atom is 0.163 e. The second-order valence-electron chi connectivity index (χ2n) is 5.13. The Balaban J connectivity index is 2.44. The smallest absolute Gasteiger partial charge is 0.163 e. The summed E-state index contributed by atoms with van der Waals surface area (Å²) >= 11 is 0. The van der Waals surface area contributed by atoms with Gasteiger partial charge in [-0.15, -0.1) is 0 Å². The lowest BCUT2D eigenvalue weighted by Crippen LogP contribution is -1.99. The fourth-order valence-electron chi connectivity index (χ4n) is 2.43. The number of Topliss-reactive ketones (excluding diaryl/α,β-unsaturated/α-hetero) is 1. The van der Waals surface area contributed by atoms with Crippen LogP contribution in [-0.2, 0) is 4.79 Å². The molecule has 1 aromatic carbocycles. The molecule has 0 amide bonds. The third kappa shape index (κ3) is 2.50. The Kier molecular flexibility index (Phi) is 3.60. The molecule has 0 saturated heterocycles. The van der Waals surface area contributed by atoms with Crippen molar-refractivity contribution in [3.63, 3.8) is 0 Å². The number of allylic oxidation sites excluding steroid dienone is 2. The fourth-order valence-corrected chi connectivity index (χ4v) is 2.43. The van der Waals surface area contributed by atoms with Crippen molar-refractivity contribution >= 4 is 11.4 Å². The molecule has 0 bridgehead atoms. The molecule has 0 fully saturated rings. The van der Waals surface area contributed by atoms with Crippen molar-refractivity contribution in [2.75, 3.05) is 0 Å². The molecule has 2 rings (SSSR count). The van der Waals surface area contributed by atoms with E-state index in [1.54, 1.807) is 0 Å². The van der Waals surface area contributed by atoms with Crippen LogP contribution in [0.25, 0.3) is 5.57 Å². The quantitative estimate of drug-likeness (QED) is 0.788. The zero-order chi connectivity index (χ0) is 13.3. The van der Waals surface area contributed by atoms with E-state index in [4.69, 9.17) is 0 Å². The Hall–Kier alpha value is -1.51. The van der Waals surface area contributed by atoms with Crippen molar-refractivity contribution in [1.29, 1.82) is 0 Å². The first-order chi connectivity index (χ1) is 8.49. The Labute approximate surface area is 106 Å². The van der Waals surface area contributed by atoms with Gasteiger partial charge in [-0.1, -0.05) is 25.5 Å². The van der Waals surface area contributed by atoms with Crippen LogP contribution in [0.4, 0.5) is 8.78 Å². The number of hydrogen-bond acceptors (Lipinski definition) is 1. The van der Waals surface area contributed by atoms with Gasteiger partial charge in [0.25, 0.3) is 0 Å². The van der Waals surface area contributed by atoms with Gasteiger partial charge in [-0.25, -0.2) is 8.78 Å². The zero-order valence-electron chi connectivity index (χ0n) is 10.6. The SMILES string of the molecule is CC(C)CC1=C(c2ccc(F)c(F)c2)C(=O)CC1. The van der Waals surface area contributed by atoms with Gasteiger partial charge < -0.3 is 0 Å². The number of halogens is 2. The molecule has 0 unspecified atom stereocenters. The summed E-state index contributed by atoms with van der Waals surface area (Å²) in [5, 5.41) is 0. The maximum atomic E-state index is 13.2. The molecule has 1 aliphatic carbocycles. The van der Waals surface area contributed by atoms with Crippen molar-refractivity contribution < 1.29 is 13.6 Å². The highest BCUT2D eigenvalue weighted by atomic mass is 19.2. The number of carbonyl (C=O) groups is 1. The van der Waals surface area contributed by atoms with E-state index < -0.39 is 11.6 Å². The molecule has 3 heteroatoms. The lowest BCUT2D eigenvalue weighted by molar-refractivity contribution is -0.113. The Bertz CT molecular complexity index is 515. The molecular weight excluding hydrogens is 234 g/mol. The Morgan fingerprint density at radius 1 is 1.17 bits per heavy atom. The Morgan fingerprint density at radius 3 is 2.50 bits per heavy atom. The summed E-state index contributed by atoms with van der Waals surface area (Å²) in [6, 6.07) is 3.68. The Morgan fingerprint density at radius 2 is 1.89 bits per heavy atom. The van der Waals surface area contributed by atoms with Gasteiger partial charge in [0.2, 0.25) is 0 Å². The molecule has 0 radical (unpaired) electrons. The van der Waals surface area contributed by atoms with Crippen molar-refractivity contribution in [3.8, 4) is 0 Å².